The summed E-state index contributed by atoms with van der Waals surface area (Å²) < 4.78 is 0. The molecule has 0 amide bonds. The fourth-order valence-corrected chi connectivity index (χ4v) is 3.09. The molecule has 1 fully saturated rings. The van der Waals surface area contributed by atoms with Gasteiger partial charge in [0.2, 0.25) is 0 Å². The molecule has 0 N–H and O–H groups in total. The lowest BCUT2D eigenvalue weighted by atomic mass is 10.0. The Balaban J connectivity index is 1.84. The molecule has 13 heavy (non-hydrogen) atoms. The van der Waals surface area contributed by atoms with Crippen LogP contribution in [0.5, 0.6) is 0 Å². The van der Waals surface area contributed by atoms with Crippen LogP contribution in [0.3, 0.4) is 0 Å². The van der Waals surface area contributed by atoms with Crippen molar-refractivity contribution in [1.29, 1.82) is 0 Å². The average Bonchev–Trinajstić information content (AvgIpc) is 2.58. The number of rotatable bonds is 2. The first-order valence-electron chi connectivity index (χ1n) is 5.94. The first-order chi connectivity index (χ1) is 6.29. The quantitative estimate of drug-likeness (QED) is 0.560. The van der Waals surface area contributed by atoms with Crippen molar-refractivity contribution in [2.24, 2.45) is 23.7 Å². The smallest absolute Gasteiger partial charge is 0.0348 e. The van der Waals surface area contributed by atoms with Gasteiger partial charge in [0, 0.05) is 0 Å². The number of allylic oxidation sites excluding steroid dienone is 2. The minimum atomic E-state index is 0.909. The second-order valence-electron chi connectivity index (χ2n) is 5.25. The van der Waals surface area contributed by atoms with Gasteiger partial charge in [-0.1, -0.05) is 26.0 Å². The van der Waals surface area contributed by atoms with Gasteiger partial charge in [0.25, 0.3) is 0 Å². The highest BCUT2D eigenvalue weighted by molar-refractivity contribution is 5.01. The molecule has 2 aliphatic rings. The maximum atomic E-state index is 2.39. The molecule has 0 nitrogen and oxygen atoms in total. The van der Waals surface area contributed by atoms with E-state index in [4.69, 9.17) is 0 Å². The Labute approximate surface area is 82.4 Å². The van der Waals surface area contributed by atoms with Gasteiger partial charge in [0.1, 0.15) is 0 Å². The highest BCUT2D eigenvalue weighted by Gasteiger charge is 2.47. The summed E-state index contributed by atoms with van der Waals surface area (Å²) in [6.07, 6.45) is 11.9. The van der Waals surface area contributed by atoms with E-state index in [1.165, 1.54) is 32.1 Å². The molecule has 0 aliphatic heterocycles. The molecule has 2 atom stereocenters. The molecule has 0 spiro atoms. The zero-order valence-electron chi connectivity index (χ0n) is 9.00. The van der Waals surface area contributed by atoms with E-state index in [9.17, 15) is 0 Å². The minimum absolute atomic E-state index is 0.909. The number of hydrogen-bond donors (Lipinski definition) is 0. The Kier molecular flexibility index (Phi) is 2.76. The van der Waals surface area contributed by atoms with Crippen LogP contribution in [0.2, 0.25) is 0 Å². The van der Waals surface area contributed by atoms with Crippen LogP contribution in [0.4, 0.5) is 0 Å². The highest BCUT2D eigenvalue weighted by Crippen LogP contribution is 2.55. The molecule has 74 valence electrons. The van der Waals surface area contributed by atoms with Gasteiger partial charge in [-0.25, -0.2) is 0 Å². The molecule has 0 radical (unpaired) electrons. The Morgan fingerprint density at radius 3 is 2.08 bits per heavy atom. The standard InChI is InChI=1S/C13H22/c1-10(2)9-13-11-7-5-3-4-6-8-12(11)13/h3-4,10-13H,5-9H2,1-2H3/b4-3-. The third kappa shape index (κ3) is 2.15. The van der Waals surface area contributed by atoms with Crippen LogP contribution < -0.4 is 0 Å². The van der Waals surface area contributed by atoms with Crippen molar-refractivity contribution in [2.75, 3.05) is 0 Å². The molecule has 0 aromatic heterocycles. The molecule has 1 saturated carbocycles. The molecule has 0 heteroatoms. The van der Waals surface area contributed by atoms with E-state index in [0.717, 1.165) is 23.7 Å². The molecule has 2 aliphatic carbocycles. The van der Waals surface area contributed by atoms with E-state index in [1.54, 1.807) is 0 Å². The zero-order chi connectivity index (χ0) is 9.26. The van der Waals surface area contributed by atoms with Gasteiger partial charge < -0.3 is 0 Å². The summed E-state index contributed by atoms with van der Waals surface area (Å²) in [4.78, 5) is 0. The van der Waals surface area contributed by atoms with Crippen molar-refractivity contribution in [1.82, 2.24) is 0 Å². The predicted molar refractivity (Wildman–Crippen MR) is 57.5 cm³/mol. The summed E-state index contributed by atoms with van der Waals surface area (Å²) in [6.45, 7) is 4.73. The van der Waals surface area contributed by atoms with E-state index in [1.807, 2.05) is 0 Å². The Morgan fingerprint density at radius 1 is 1.08 bits per heavy atom. The second kappa shape index (κ2) is 3.86. The Hall–Kier alpha value is -0.260. The van der Waals surface area contributed by atoms with Crippen molar-refractivity contribution >= 4 is 0 Å². The third-order valence-corrected chi connectivity index (χ3v) is 3.75. The molecule has 0 saturated heterocycles. The first kappa shape index (κ1) is 9.30. The average molecular weight is 178 g/mol. The number of hydrogen-bond acceptors (Lipinski definition) is 0. The van der Waals surface area contributed by atoms with Crippen LogP contribution in [-0.2, 0) is 0 Å². The van der Waals surface area contributed by atoms with Crippen molar-refractivity contribution < 1.29 is 0 Å². The van der Waals surface area contributed by atoms with E-state index in [0.29, 0.717) is 0 Å². The zero-order valence-corrected chi connectivity index (χ0v) is 9.00. The van der Waals surface area contributed by atoms with Gasteiger partial charge in [-0.15, -0.1) is 0 Å². The van der Waals surface area contributed by atoms with Gasteiger partial charge in [0.15, 0.2) is 0 Å². The van der Waals surface area contributed by atoms with Crippen molar-refractivity contribution in [3.8, 4) is 0 Å². The van der Waals surface area contributed by atoms with Gasteiger partial charge in [0.05, 0.1) is 0 Å². The van der Waals surface area contributed by atoms with E-state index >= 15 is 0 Å². The summed E-state index contributed by atoms with van der Waals surface area (Å²) in [6, 6.07) is 0. The van der Waals surface area contributed by atoms with Crippen molar-refractivity contribution in [3.63, 3.8) is 0 Å². The summed E-state index contributed by atoms with van der Waals surface area (Å²) in [7, 11) is 0. The normalized spacial score (nSPS) is 40.7. The Morgan fingerprint density at radius 2 is 1.62 bits per heavy atom. The maximum absolute atomic E-state index is 2.39. The summed E-state index contributed by atoms with van der Waals surface area (Å²) in [5.41, 5.74) is 0. The molecule has 0 heterocycles. The maximum Gasteiger partial charge on any atom is -0.0348 e. The molecular formula is C13H22. The van der Waals surface area contributed by atoms with Crippen LogP contribution in [0, 0.1) is 23.7 Å². The lowest BCUT2D eigenvalue weighted by Crippen LogP contribution is -1.91. The lowest BCUT2D eigenvalue weighted by Gasteiger charge is -2.02. The first-order valence-corrected chi connectivity index (χ1v) is 5.94. The lowest BCUT2D eigenvalue weighted by molar-refractivity contribution is 0.494. The SMILES string of the molecule is CC(C)CC1C2CC/C=C\CCC21. The highest BCUT2D eigenvalue weighted by atomic mass is 14.5. The molecule has 2 rings (SSSR count). The molecule has 2 unspecified atom stereocenters. The molecule has 0 aromatic rings. The van der Waals surface area contributed by atoms with Crippen LogP contribution in [0.25, 0.3) is 0 Å². The van der Waals surface area contributed by atoms with Crippen LogP contribution >= 0.6 is 0 Å². The van der Waals surface area contributed by atoms with E-state index in [2.05, 4.69) is 26.0 Å². The molecule has 0 bridgehead atoms. The Bertz CT molecular complexity index is 174. The number of fused-ring (bicyclic) bond motifs is 1. The monoisotopic (exact) mass is 178 g/mol. The second-order valence-corrected chi connectivity index (χ2v) is 5.25. The summed E-state index contributed by atoms with van der Waals surface area (Å²) in [5, 5.41) is 0. The van der Waals surface area contributed by atoms with Crippen molar-refractivity contribution in [3.05, 3.63) is 12.2 Å². The van der Waals surface area contributed by atoms with Gasteiger partial charge in [-0.2, -0.15) is 0 Å². The largest absolute Gasteiger partial charge is 0.0885 e. The minimum Gasteiger partial charge on any atom is -0.0885 e. The van der Waals surface area contributed by atoms with Crippen LogP contribution in [-0.4, -0.2) is 0 Å². The van der Waals surface area contributed by atoms with Crippen molar-refractivity contribution in [2.45, 2.75) is 46.0 Å². The van der Waals surface area contributed by atoms with Gasteiger partial charge in [-0.05, 0) is 55.8 Å². The van der Waals surface area contributed by atoms with Crippen LogP contribution in [0.15, 0.2) is 12.2 Å². The third-order valence-electron chi connectivity index (χ3n) is 3.75. The molecular weight excluding hydrogens is 156 g/mol. The predicted octanol–water partition coefficient (Wildman–Crippen LogP) is 4.02. The van der Waals surface area contributed by atoms with Gasteiger partial charge in [-0.3, -0.25) is 0 Å². The topological polar surface area (TPSA) is 0 Å². The van der Waals surface area contributed by atoms with Crippen LogP contribution in [0.1, 0.15) is 46.0 Å². The molecule has 0 aromatic carbocycles. The fraction of sp³-hybridized carbons (Fsp3) is 0.846. The summed E-state index contributed by atoms with van der Waals surface area (Å²) >= 11 is 0. The van der Waals surface area contributed by atoms with Gasteiger partial charge >= 0.3 is 0 Å². The summed E-state index contributed by atoms with van der Waals surface area (Å²) in [5.74, 6) is 4.21. The fourth-order valence-electron chi connectivity index (χ4n) is 3.09. The van der Waals surface area contributed by atoms with E-state index in [-0.39, 0.29) is 0 Å². The van der Waals surface area contributed by atoms with E-state index < -0.39 is 0 Å².